The number of nitrogens with one attached hydrogen (secondary N) is 6. The summed E-state index contributed by atoms with van der Waals surface area (Å²) in [6.07, 6.45) is 0.392. The molecule has 0 bridgehead atoms. The van der Waals surface area contributed by atoms with Crippen molar-refractivity contribution in [3.8, 4) is 0 Å². The number of rotatable bonds is 18. The van der Waals surface area contributed by atoms with E-state index in [9.17, 15) is 38.0 Å². The van der Waals surface area contributed by atoms with E-state index >= 15 is 0 Å². The zero-order valence-electron chi connectivity index (χ0n) is 32.0. The molecule has 1 heterocycles. The summed E-state index contributed by atoms with van der Waals surface area (Å²) in [4.78, 5) is 90.6. The summed E-state index contributed by atoms with van der Waals surface area (Å²) in [5, 5.41) is 16.3. The first-order valence-electron chi connectivity index (χ1n) is 17.6. The molecule has 2 aromatic rings. The van der Waals surface area contributed by atoms with Crippen LogP contribution in [0.2, 0.25) is 0 Å². The number of esters is 1. The molecule has 2 rings (SSSR count). The van der Waals surface area contributed by atoms with E-state index in [1.165, 1.54) is 38.3 Å². The van der Waals surface area contributed by atoms with Crippen molar-refractivity contribution in [3.63, 3.8) is 0 Å². The van der Waals surface area contributed by atoms with Gasteiger partial charge in [0.15, 0.2) is 0 Å². The first kappa shape index (κ1) is 44.3. The molecule has 0 saturated carbocycles. The Kier molecular flexibility index (Phi) is 17.1. The second-order valence-corrected chi connectivity index (χ2v) is 14.7. The van der Waals surface area contributed by atoms with E-state index in [-0.39, 0.29) is 52.2 Å². The normalized spacial score (nSPS) is 13.4. The van der Waals surface area contributed by atoms with Crippen molar-refractivity contribution >= 4 is 57.8 Å². The summed E-state index contributed by atoms with van der Waals surface area (Å²) < 4.78 is 18.4. The number of anilines is 1. The largest absolute Gasteiger partial charge is 0.465 e. The lowest BCUT2D eigenvalue weighted by Gasteiger charge is -2.29. The van der Waals surface area contributed by atoms with Crippen LogP contribution in [0.25, 0.3) is 0 Å². The molecule has 1 unspecified atom stereocenters. The molecule has 292 valence electrons. The highest BCUT2D eigenvalue weighted by Crippen LogP contribution is 2.35. The summed E-state index contributed by atoms with van der Waals surface area (Å²) in [6, 6.07) is 2.74. The van der Waals surface area contributed by atoms with Crippen LogP contribution in [0.1, 0.15) is 98.9 Å². The van der Waals surface area contributed by atoms with Crippen molar-refractivity contribution in [2.45, 2.75) is 92.8 Å². The minimum absolute atomic E-state index is 0.00544. The van der Waals surface area contributed by atoms with Crippen LogP contribution in [-0.4, -0.2) is 79.7 Å². The first-order valence-corrected chi connectivity index (χ1v) is 18.4. The zero-order valence-corrected chi connectivity index (χ0v) is 32.8. The number of halogens is 1. The van der Waals surface area contributed by atoms with E-state index in [0.29, 0.717) is 17.5 Å². The molecular weight excluding hydrogens is 708 g/mol. The first-order chi connectivity index (χ1) is 24.8. The van der Waals surface area contributed by atoms with E-state index in [1.807, 2.05) is 0 Å². The number of methoxy groups -OCH3 is 1. The Bertz CT molecular complexity index is 1640. The van der Waals surface area contributed by atoms with Gasteiger partial charge in [-0.1, -0.05) is 60.6 Å². The van der Waals surface area contributed by atoms with Gasteiger partial charge in [-0.05, 0) is 54.4 Å². The Labute approximate surface area is 314 Å². The molecule has 0 fully saturated rings. The highest BCUT2D eigenvalue weighted by molar-refractivity contribution is 7.18. The van der Waals surface area contributed by atoms with Crippen LogP contribution in [0, 0.1) is 30.5 Å². The SMILES string of the molecule is CCC(C(=O)Nc1sc(C(=O)NCCNC(=O)[C@@H](NC(=O)[C@@H](NC(=O)[C@@H](NC(C)=O)C(C)C)C(C)C)C(C)C)c(C)c1C(=O)OC)c1ccc(F)cc1. The second kappa shape index (κ2) is 20.4. The third-order valence-corrected chi connectivity index (χ3v) is 9.69. The minimum Gasteiger partial charge on any atom is -0.465 e. The third kappa shape index (κ3) is 12.4. The van der Waals surface area contributed by atoms with Crippen LogP contribution in [0.15, 0.2) is 24.3 Å². The van der Waals surface area contributed by atoms with E-state index in [4.69, 9.17) is 4.74 Å². The van der Waals surface area contributed by atoms with Gasteiger partial charge in [0.25, 0.3) is 5.91 Å². The quantitative estimate of drug-likeness (QED) is 0.0981. The fourth-order valence-corrected chi connectivity index (χ4v) is 6.61. The predicted molar refractivity (Wildman–Crippen MR) is 200 cm³/mol. The number of carbonyl (C=O) groups excluding carboxylic acids is 7. The van der Waals surface area contributed by atoms with E-state index in [2.05, 4.69) is 31.9 Å². The number of amides is 6. The van der Waals surface area contributed by atoms with Gasteiger partial charge < -0.3 is 36.6 Å². The fourth-order valence-electron chi connectivity index (χ4n) is 5.49. The van der Waals surface area contributed by atoms with Crippen molar-refractivity contribution in [3.05, 3.63) is 51.7 Å². The second-order valence-electron chi connectivity index (χ2n) is 13.7. The van der Waals surface area contributed by atoms with E-state index in [1.54, 1.807) is 55.4 Å². The monoisotopic (exact) mass is 760 g/mol. The molecule has 1 aromatic carbocycles. The van der Waals surface area contributed by atoms with Crippen LogP contribution < -0.4 is 31.9 Å². The third-order valence-electron chi connectivity index (χ3n) is 8.49. The Morgan fingerprint density at radius 3 is 1.70 bits per heavy atom. The fraction of sp³-hybridized carbons (Fsp3) is 0.541. The standard InChI is InChI=1S/C37H53FN6O8S/c1-11-25(23-12-14-24(38)15-13-23)31(46)44-36-26(37(51)52-10)21(8)30(53-36)35(50)40-17-16-39-32(47)27(18(2)3)42-34(49)29(20(6)7)43-33(48)28(19(4)5)41-22(9)45/h12-15,18-20,25,27-29H,11,16-17H2,1-10H3,(H,39,47)(H,40,50)(H,41,45)(H,42,49)(H,43,48)(H,44,46)/t25?,27-,28-,29-/m0/s1. The topological polar surface area (TPSA) is 201 Å². The molecule has 0 saturated heterocycles. The lowest BCUT2D eigenvalue weighted by Crippen LogP contribution is -2.59. The van der Waals surface area contributed by atoms with Gasteiger partial charge in [-0.25, -0.2) is 9.18 Å². The number of ether oxygens (including phenoxy) is 1. The van der Waals surface area contributed by atoms with Crippen LogP contribution in [-0.2, 0) is 28.7 Å². The molecule has 0 aliphatic heterocycles. The van der Waals surface area contributed by atoms with Gasteiger partial charge in [0.05, 0.1) is 23.5 Å². The molecule has 6 amide bonds. The molecule has 1 aromatic heterocycles. The van der Waals surface area contributed by atoms with Gasteiger partial charge in [-0.2, -0.15) is 0 Å². The van der Waals surface area contributed by atoms with Crippen LogP contribution in [0.4, 0.5) is 9.39 Å². The smallest absolute Gasteiger partial charge is 0.341 e. The molecule has 0 aliphatic rings. The van der Waals surface area contributed by atoms with Gasteiger partial charge in [-0.3, -0.25) is 28.8 Å². The van der Waals surface area contributed by atoms with Crippen molar-refractivity contribution in [2.24, 2.45) is 17.8 Å². The lowest BCUT2D eigenvalue weighted by atomic mass is 9.95. The summed E-state index contributed by atoms with van der Waals surface area (Å²) in [5.74, 6) is -5.73. The molecule has 4 atom stereocenters. The van der Waals surface area contributed by atoms with Crippen molar-refractivity contribution in [1.82, 2.24) is 26.6 Å². The van der Waals surface area contributed by atoms with Crippen molar-refractivity contribution in [2.75, 3.05) is 25.5 Å². The predicted octanol–water partition coefficient (Wildman–Crippen LogP) is 3.40. The maximum Gasteiger partial charge on any atom is 0.341 e. The van der Waals surface area contributed by atoms with Gasteiger partial charge >= 0.3 is 5.97 Å². The van der Waals surface area contributed by atoms with Crippen LogP contribution in [0.3, 0.4) is 0 Å². The molecule has 0 spiro atoms. The van der Waals surface area contributed by atoms with Crippen LogP contribution >= 0.6 is 11.3 Å². The Morgan fingerprint density at radius 2 is 1.23 bits per heavy atom. The van der Waals surface area contributed by atoms with Gasteiger partial charge in [0, 0.05) is 20.0 Å². The molecule has 14 nitrogen and oxygen atoms in total. The van der Waals surface area contributed by atoms with Gasteiger partial charge in [-0.15, -0.1) is 11.3 Å². The number of hydrogen-bond acceptors (Lipinski definition) is 9. The molecule has 53 heavy (non-hydrogen) atoms. The minimum atomic E-state index is -0.986. The lowest BCUT2D eigenvalue weighted by molar-refractivity contribution is -0.135. The van der Waals surface area contributed by atoms with Crippen LogP contribution in [0.5, 0.6) is 0 Å². The van der Waals surface area contributed by atoms with Gasteiger partial charge in [0.1, 0.15) is 28.9 Å². The number of thiophene rings is 1. The summed E-state index contributed by atoms with van der Waals surface area (Å²) in [7, 11) is 1.18. The van der Waals surface area contributed by atoms with Crippen molar-refractivity contribution in [1.29, 1.82) is 0 Å². The molecule has 6 N–H and O–H groups in total. The Balaban J connectivity index is 2.10. The van der Waals surface area contributed by atoms with E-state index < -0.39 is 65.4 Å². The summed E-state index contributed by atoms with van der Waals surface area (Å²) >= 11 is 0.896. The summed E-state index contributed by atoms with van der Waals surface area (Å²) in [5.41, 5.74) is 0.905. The number of carbonyl (C=O) groups is 7. The highest BCUT2D eigenvalue weighted by atomic mass is 32.1. The molecular formula is C37H53FN6O8S. The Morgan fingerprint density at radius 1 is 0.736 bits per heavy atom. The molecule has 16 heteroatoms. The molecule has 0 aliphatic carbocycles. The number of benzene rings is 1. The Hall–Kier alpha value is -4.86. The maximum atomic E-state index is 13.5. The average molecular weight is 761 g/mol. The maximum absolute atomic E-state index is 13.5. The average Bonchev–Trinajstić information content (AvgIpc) is 3.41. The zero-order chi connectivity index (χ0) is 40.2. The van der Waals surface area contributed by atoms with Crippen molar-refractivity contribution < 1.29 is 42.7 Å². The highest BCUT2D eigenvalue weighted by Gasteiger charge is 2.33. The number of hydrogen-bond donors (Lipinski definition) is 6. The summed E-state index contributed by atoms with van der Waals surface area (Å²) in [6.45, 7) is 15.2. The van der Waals surface area contributed by atoms with Gasteiger partial charge in [0.2, 0.25) is 29.5 Å². The van der Waals surface area contributed by atoms with E-state index in [0.717, 1.165) is 11.3 Å². The molecule has 0 radical (unpaired) electrons.